The zero-order chi connectivity index (χ0) is 20.9. The van der Waals surface area contributed by atoms with Crippen molar-refractivity contribution in [2.24, 2.45) is 5.92 Å². The lowest BCUT2D eigenvalue weighted by Gasteiger charge is -2.32. The number of nitrogens with zero attached hydrogens (tertiary/aromatic N) is 1. The van der Waals surface area contributed by atoms with E-state index in [1.54, 1.807) is 0 Å². The molecule has 1 amide bonds. The third-order valence-corrected chi connectivity index (χ3v) is 7.18. The van der Waals surface area contributed by atoms with Gasteiger partial charge in [0.15, 0.2) is 0 Å². The van der Waals surface area contributed by atoms with Crippen molar-refractivity contribution in [2.45, 2.75) is 43.5 Å². The van der Waals surface area contributed by atoms with Crippen LogP contribution in [0.25, 0.3) is 0 Å². The van der Waals surface area contributed by atoms with E-state index in [2.05, 4.69) is 17.4 Å². The summed E-state index contributed by atoms with van der Waals surface area (Å²) < 4.78 is 40.1. The van der Waals surface area contributed by atoms with Gasteiger partial charge >= 0.3 is 0 Å². The number of aryl methyl sites for hydroxylation is 1. The number of piperidine rings is 1. The van der Waals surface area contributed by atoms with Gasteiger partial charge in [-0.1, -0.05) is 30.3 Å². The average molecular weight is 419 g/mol. The Morgan fingerprint density at radius 1 is 1.17 bits per heavy atom. The van der Waals surface area contributed by atoms with Crippen LogP contribution in [-0.2, 0) is 21.2 Å². The molecule has 1 aliphatic rings. The van der Waals surface area contributed by atoms with E-state index in [0.717, 1.165) is 25.0 Å². The first kappa shape index (κ1) is 21.5. The van der Waals surface area contributed by atoms with Crippen LogP contribution in [0.4, 0.5) is 4.39 Å². The van der Waals surface area contributed by atoms with Gasteiger partial charge in [0.2, 0.25) is 15.9 Å². The van der Waals surface area contributed by atoms with Crippen molar-refractivity contribution in [1.29, 1.82) is 0 Å². The molecule has 29 heavy (non-hydrogen) atoms. The average Bonchev–Trinajstić information content (AvgIpc) is 2.73. The van der Waals surface area contributed by atoms with E-state index >= 15 is 0 Å². The van der Waals surface area contributed by atoms with Gasteiger partial charge in [0.25, 0.3) is 0 Å². The topological polar surface area (TPSA) is 66.5 Å². The van der Waals surface area contributed by atoms with Crippen molar-refractivity contribution in [3.8, 4) is 0 Å². The molecule has 0 radical (unpaired) electrons. The number of hydrogen-bond donors (Lipinski definition) is 1. The van der Waals surface area contributed by atoms with Gasteiger partial charge in [0.1, 0.15) is 5.82 Å². The molecule has 156 valence electrons. The summed E-state index contributed by atoms with van der Waals surface area (Å²) in [6.07, 6.45) is 2.97. The maximum absolute atomic E-state index is 13.1. The summed E-state index contributed by atoms with van der Waals surface area (Å²) in [7, 11) is -3.73. The molecule has 2 aromatic rings. The summed E-state index contributed by atoms with van der Waals surface area (Å²) in [5.41, 5.74) is 1.22. The Labute approximate surface area is 172 Å². The molecule has 0 bridgehead atoms. The second-order valence-electron chi connectivity index (χ2n) is 7.59. The highest BCUT2D eigenvalue weighted by atomic mass is 32.2. The first-order valence-corrected chi connectivity index (χ1v) is 11.4. The molecule has 0 unspecified atom stereocenters. The highest BCUT2D eigenvalue weighted by Gasteiger charge is 2.33. The van der Waals surface area contributed by atoms with Crippen LogP contribution >= 0.6 is 0 Å². The molecule has 1 fully saturated rings. The van der Waals surface area contributed by atoms with Crippen molar-refractivity contribution in [3.63, 3.8) is 0 Å². The first-order valence-electron chi connectivity index (χ1n) is 9.96. The predicted octanol–water partition coefficient (Wildman–Crippen LogP) is 3.36. The summed E-state index contributed by atoms with van der Waals surface area (Å²) in [4.78, 5) is 12.7. The van der Waals surface area contributed by atoms with Gasteiger partial charge < -0.3 is 5.32 Å². The fraction of sp³-hybridized carbons (Fsp3) is 0.409. The minimum atomic E-state index is -3.73. The zero-order valence-electron chi connectivity index (χ0n) is 16.6. The quantitative estimate of drug-likeness (QED) is 0.750. The maximum atomic E-state index is 13.1. The van der Waals surface area contributed by atoms with Crippen molar-refractivity contribution >= 4 is 15.9 Å². The van der Waals surface area contributed by atoms with Crippen LogP contribution in [0, 0.1) is 11.7 Å². The minimum absolute atomic E-state index is 0.00629. The Bertz CT molecular complexity index is 917. The van der Waals surface area contributed by atoms with Gasteiger partial charge in [-0.05, 0) is 62.4 Å². The molecule has 1 N–H and O–H groups in total. The Morgan fingerprint density at radius 2 is 1.86 bits per heavy atom. The molecule has 5 nitrogen and oxygen atoms in total. The van der Waals surface area contributed by atoms with Crippen LogP contribution in [-0.4, -0.2) is 37.8 Å². The third-order valence-electron chi connectivity index (χ3n) is 5.30. The number of amides is 1. The van der Waals surface area contributed by atoms with Crippen LogP contribution in [0.15, 0.2) is 59.5 Å². The molecule has 2 atom stereocenters. The SMILES string of the molecule is C[C@@H](CCc1ccccc1)NC(=O)[C@H]1CCCN(S(=O)(=O)c2ccc(F)cc2)C1. The van der Waals surface area contributed by atoms with Crippen molar-refractivity contribution < 1.29 is 17.6 Å². The Balaban J connectivity index is 1.56. The lowest BCUT2D eigenvalue weighted by molar-refractivity contribution is -0.126. The third kappa shape index (κ3) is 5.64. The Kier molecular flexibility index (Phi) is 7.03. The monoisotopic (exact) mass is 418 g/mol. The second kappa shape index (κ2) is 9.50. The number of carbonyl (C=O) groups excluding carboxylic acids is 1. The van der Waals surface area contributed by atoms with E-state index in [0.29, 0.717) is 19.4 Å². The molecule has 0 spiro atoms. The van der Waals surface area contributed by atoms with Gasteiger partial charge in [-0.3, -0.25) is 4.79 Å². The maximum Gasteiger partial charge on any atom is 0.243 e. The smallest absolute Gasteiger partial charge is 0.243 e. The fourth-order valence-corrected chi connectivity index (χ4v) is 5.11. The van der Waals surface area contributed by atoms with E-state index in [1.807, 2.05) is 25.1 Å². The number of hydrogen-bond acceptors (Lipinski definition) is 3. The number of benzene rings is 2. The van der Waals surface area contributed by atoms with Gasteiger partial charge in [0, 0.05) is 19.1 Å². The molecule has 1 heterocycles. The van der Waals surface area contributed by atoms with Gasteiger partial charge in [-0.25, -0.2) is 12.8 Å². The highest BCUT2D eigenvalue weighted by Crippen LogP contribution is 2.24. The lowest BCUT2D eigenvalue weighted by atomic mass is 9.98. The zero-order valence-corrected chi connectivity index (χ0v) is 17.4. The highest BCUT2D eigenvalue weighted by molar-refractivity contribution is 7.89. The van der Waals surface area contributed by atoms with Crippen LogP contribution in [0.3, 0.4) is 0 Å². The predicted molar refractivity (Wildman–Crippen MR) is 110 cm³/mol. The number of halogens is 1. The van der Waals surface area contributed by atoms with Crippen LogP contribution < -0.4 is 5.32 Å². The molecular formula is C22H27FN2O3S. The largest absolute Gasteiger partial charge is 0.353 e. The molecule has 7 heteroatoms. The van der Waals surface area contributed by atoms with Gasteiger partial charge in [-0.15, -0.1) is 0 Å². The van der Waals surface area contributed by atoms with Crippen LogP contribution in [0.1, 0.15) is 31.7 Å². The normalized spacial score (nSPS) is 18.9. The molecule has 3 rings (SSSR count). The van der Waals surface area contributed by atoms with E-state index in [9.17, 15) is 17.6 Å². The first-order chi connectivity index (χ1) is 13.9. The second-order valence-corrected chi connectivity index (χ2v) is 9.53. The van der Waals surface area contributed by atoms with Crippen LogP contribution in [0.2, 0.25) is 0 Å². The molecule has 0 aromatic heterocycles. The summed E-state index contributed by atoms with van der Waals surface area (Å²) in [6, 6.07) is 14.9. The molecule has 1 aliphatic heterocycles. The fourth-order valence-electron chi connectivity index (χ4n) is 3.59. The minimum Gasteiger partial charge on any atom is -0.353 e. The Hall–Kier alpha value is -2.25. The van der Waals surface area contributed by atoms with E-state index in [-0.39, 0.29) is 29.3 Å². The van der Waals surface area contributed by atoms with Gasteiger partial charge in [0.05, 0.1) is 10.8 Å². The van der Waals surface area contributed by atoms with Crippen LogP contribution in [0.5, 0.6) is 0 Å². The summed E-state index contributed by atoms with van der Waals surface area (Å²) in [5.74, 6) is -0.966. The number of rotatable bonds is 7. The number of nitrogens with one attached hydrogen (secondary N) is 1. The van der Waals surface area contributed by atoms with Crippen molar-refractivity contribution in [3.05, 3.63) is 66.0 Å². The summed E-state index contributed by atoms with van der Waals surface area (Å²) in [6.45, 7) is 2.49. The molecule has 0 aliphatic carbocycles. The molecule has 0 saturated carbocycles. The summed E-state index contributed by atoms with van der Waals surface area (Å²) in [5, 5.41) is 3.03. The summed E-state index contributed by atoms with van der Waals surface area (Å²) >= 11 is 0. The van der Waals surface area contributed by atoms with E-state index < -0.39 is 15.8 Å². The molecule has 1 saturated heterocycles. The van der Waals surface area contributed by atoms with Gasteiger partial charge in [-0.2, -0.15) is 4.31 Å². The van der Waals surface area contributed by atoms with Crippen molar-refractivity contribution in [2.75, 3.05) is 13.1 Å². The number of carbonyl (C=O) groups is 1. The number of sulfonamides is 1. The lowest BCUT2D eigenvalue weighted by Crippen LogP contribution is -2.47. The Morgan fingerprint density at radius 3 is 2.55 bits per heavy atom. The van der Waals surface area contributed by atoms with Crippen molar-refractivity contribution in [1.82, 2.24) is 9.62 Å². The molecule has 2 aromatic carbocycles. The van der Waals surface area contributed by atoms with E-state index in [4.69, 9.17) is 0 Å². The molecular weight excluding hydrogens is 391 g/mol. The van der Waals surface area contributed by atoms with E-state index in [1.165, 1.54) is 22.0 Å². The standard InChI is InChI=1S/C22H27FN2O3S/c1-17(9-10-18-6-3-2-4-7-18)24-22(26)19-8-5-15-25(16-19)29(27,28)21-13-11-20(23)12-14-21/h2-4,6-7,11-14,17,19H,5,8-10,15-16H2,1H3,(H,24,26)/t17-,19-/m0/s1.